The van der Waals surface area contributed by atoms with E-state index in [0.29, 0.717) is 23.9 Å². The van der Waals surface area contributed by atoms with Gasteiger partial charge in [0.05, 0.1) is 12.8 Å². The van der Waals surface area contributed by atoms with E-state index in [1.807, 2.05) is 6.07 Å². The molecule has 2 aromatic rings. The molecule has 0 saturated heterocycles. The minimum Gasteiger partial charge on any atom is -0.495 e. The molecule has 152 valence electrons. The second-order valence-corrected chi connectivity index (χ2v) is 5.73. The van der Waals surface area contributed by atoms with Gasteiger partial charge in [-0.05, 0) is 35.9 Å². The normalized spacial score (nSPS) is 10.7. The Kier molecular flexibility index (Phi) is 9.63. The Balaban J connectivity index is 0.00000392. The molecule has 0 saturated carbocycles. The zero-order valence-corrected chi connectivity index (χ0v) is 18.1. The molecule has 0 spiro atoms. The molecule has 9 heteroatoms. The molecule has 0 unspecified atom stereocenters. The Morgan fingerprint density at radius 1 is 1.11 bits per heavy atom. The molecule has 0 bridgehead atoms. The summed E-state index contributed by atoms with van der Waals surface area (Å²) in [6.45, 7) is 1.91. The SMILES string of the molecule is CN=C(NCc1ccc(OC)c(NC(C)=O)c1)NCc1cc(F)ccc1F.I. The average Bonchev–Trinajstić information content (AvgIpc) is 2.64. The fourth-order valence-electron chi connectivity index (χ4n) is 2.42. The van der Waals surface area contributed by atoms with Crippen molar-refractivity contribution in [2.45, 2.75) is 20.0 Å². The molecule has 6 nitrogen and oxygen atoms in total. The fraction of sp³-hybridized carbons (Fsp3) is 0.263. The number of rotatable bonds is 6. The Bertz CT molecular complexity index is 847. The largest absolute Gasteiger partial charge is 0.495 e. The Labute approximate surface area is 179 Å². The number of benzene rings is 2. The maximum Gasteiger partial charge on any atom is 0.221 e. The van der Waals surface area contributed by atoms with Gasteiger partial charge in [0, 0.05) is 32.6 Å². The standard InChI is InChI=1S/C19H22F2N4O2.HI/c1-12(26)25-17-8-13(4-7-18(17)27-3)10-23-19(22-2)24-11-14-9-15(20)5-6-16(14)21;/h4-9H,10-11H2,1-3H3,(H,25,26)(H2,22,23,24);1H. The maximum atomic E-state index is 13.7. The molecule has 2 rings (SSSR count). The number of hydrogen-bond donors (Lipinski definition) is 3. The predicted octanol–water partition coefficient (Wildman–Crippen LogP) is 3.42. The van der Waals surface area contributed by atoms with Crippen molar-refractivity contribution in [3.05, 3.63) is 59.2 Å². The first-order chi connectivity index (χ1) is 12.9. The van der Waals surface area contributed by atoms with Gasteiger partial charge >= 0.3 is 0 Å². The number of halogens is 3. The molecular weight excluding hydrogens is 481 g/mol. The third kappa shape index (κ3) is 6.95. The highest BCUT2D eigenvalue weighted by molar-refractivity contribution is 14.0. The minimum absolute atomic E-state index is 0. The van der Waals surface area contributed by atoms with E-state index in [1.54, 1.807) is 19.2 Å². The first kappa shape index (κ1) is 23.6. The summed E-state index contributed by atoms with van der Waals surface area (Å²) in [6.07, 6.45) is 0. The lowest BCUT2D eigenvalue weighted by atomic mass is 10.2. The molecule has 0 aliphatic heterocycles. The van der Waals surface area contributed by atoms with Gasteiger partial charge in [0.1, 0.15) is 17.4 Å². The van der Waals surface area contributed by atoms with E-state index in [0.717, 1.165) is 23.8 Å². The van der Waals surface area contributed by atoms with Crippen molar-refractivity contribution in [3.63, 3.8) is 0 Å². The lowest BCUT2D eigenvalue weighted by Crippen LogP contribution is -2.36. The van der Waals surface area contributed by atoms with Crippen LogP contribution in [-0.2, 0) is 17.9 Å². The van der Waals surface area contributed by atoms with Gasteiger partial charge in [0.25, 0.3) is 0 Å². The van der Waals surface area contributed by atoms with Gasteiger partial charge in [0.15, 0.2) is 5.96 Å². The quantitative estimate of drug-likeness (QED) is 0.321. The topological polar surface area (TPSA) is 74.8 Å². The van der Waals surface area contributed by atoms with Crippen molar-refractivity contribution in [3.8, 4) is 5.75 Å². The third-order valence-corrected chi connectivity index (χ3v) is 3.71. The molecule has 3 N–H and O–H groups in total. The van der Waals surface area contributed by atoms with Gasteiger partial charge in [-0.1, -0.05) is 6.07 Å². The van der Waals surface area contributed by atoms with Crippen molar-refractivity contribution in [1.82, 2.24) is 10.6 Å². The van der Waals surface area contributed by atoms with E-state index in [1.165, 1.54) is 14.0 Å². The number of hydrogen-bond acceptors (Lipinski definition) is 3. The van der Waals surface area contributed by atoms with Crippen LogP contribution in [0.15, 0.2) is 41.4 Å². The molecule has 0 heterocycles. The van der Waals surface area contributed by atoms with Gasteiger partial charge in [-0.25, -0.2) is 8.78 Å². The van der Waals surface area contributed by atoms with Crippen molar-refractivity contribution in [2.24, 2.45) is 4.99 Å². The second kappa shape index (κ2) is 11.4. The third-order valence-electron chi connectivity index (χ3n) is 3.71. The number of amides is 1. The predicted molar refractivity (Wildman–Crippen MR) is 116 cm³/mol. The number of carbonyl (C=O) groups excluding carboxylic acids is 1. The van der Waals surface area contributed by atoms with Crippen LogP contribution in [0, 0.1) is 11.6 Å². The number of methoxy groups -OCH3 is 1. The molecule has 0 radical (unpaired) electrons. The van der Waals surface area contributed by atoms with Crippen LogP contribution in [0.4, 0.5) is 14.5 Å². The highest BCUT2D eigenvalue weighted by atomic mass is 127. The molecule has 1 amide bonds. The average molecular weight is 504 g/mol. The van der Waals surface area contributed by atoms with Crippen LogP contribution in [0.1, 0.15) is 18.1 Å². The number of ether oxygens (including phenoxy) is 1. The number of nitrogens with one attached hydrogen (secondary N) is 3. The maximum absolute atomic E-state index is 13.7. The van der Waals surface area contributed by atoms with Crippen LogP contribution < -0.4 is 20.7 Å². The van der Waals surface area contributed by atoms with Gasteiger partial charge in [0.2, 0.25) is 5.91 Å². The Morgan fingerprint density at radius 3 is 2.46 bits per heavy atom. The van der Waals surface area contributed by atoms with Crippen LogP contribution in [-0.4, -0.2) is 26.0 Å². The summed E-state index contributed by atoms with van der Waals surface area (Å²) in [5.74, 6) is -0.212. The van der Waals surface area contributed by atoms with E-state index in [-0.39, 0.29) is 42.0 Å². The lowest BCUT2D eigenvalue weighted by molar-refractivity contribution is -0.114. The first-order valence-corrected chi connectivity index (χ1v) is 8.26. The van der Waals surface area contributed by atoms with E-state index >= 15 is 0 Å². The minimum atomic E-state index is -0.500. The molecule has 0 atom stereocenters. The van der Waals surface area contributed by atoms with Crippen LogP contribution in [0.25, 0.3) is 0 Å². The number of anilines is 1. The second-order valence-electron chi connectivity index (χ2n) is 5.73. The van der Waals surface area contributed by atoms with Crippen LogP contribution in [0.2, 0.25) is 0 Å². The monoisotopic (exact) mass is 504 g/mol. The summed E-state index contributed by atoms with van der Waals surface area (Å²) < 4.78 is 32.1. The first-order valence-electron chi connectivity index (χ1n) is 8.26. The number of guanidine groups is 1. The van der Waals surface area contributed by atoms with Gasteiger partial charge in [-0.15, -0.1) is 24.0 Å². The Hall–Kier alpha value is -2.43. The molecule has 28 heavy (non-hydrogen) atoms. The number of carbonyl (C=O) groups is 1. The number of nitrogens with zero attached hydrogens (tertiary/aromatic N) is 1. The highest BCUT2D eigenvalue weighted by Gasteiger charge is 2.08. The summed E-state index contributed by atoms with van der Waals surface area (Å²) in [5.41, 5.74) is 1.64. The van der Waals surface area contributed by atoms with Crippen molar-refractivity contribution >= 4 is 41.5 Å². The molecule has 2 aromatic carbocycles. The van der Waals surface area contributed by atoms with Crippen molar-refractivity contribution in [2.75, 3.05) is 19.5 Å². The summed E-state index contributed by atoms with van der Waals surface area (Å²) in [4.78, 5) is 15.4. The van der Waals surface area contributed by atoms with Crippen molar-refractivity contribution in [1.29, 1.82) is 0 Å². The van der Waals surface area contributed by atoms with Gasteiger partial charge < -0.3 is 20.7 Å². The molecule has 0 aliphatic rings. The zero-order valence-electron chi connectivity index (χ0n) is 15.8. The molecular formula is C19H23F2IN4O2. The zero-order chi connectivity index (χ0) is 19.8. The van der Waals surface area contributed by atoms with Crippen molar-refractivity contribution < 1.29 is 18.3 Å². The van der Waals surface area contributed by atoms with E-state index in [2.05, 4.69) is 20.9 Å². The van der Waals surface area contributed by atoms with E-state index in [4.69, 9.17) is 4.74 Å². The summed E-state index contributed by atoms with van der Waals surface area (Å²) in [5, 5.41) is 8.72. The Morgan fingerprint density at radius 2 is 1.82 bits per heavy atom. The van der Waals surface area contributed by atoms with Crippen LogP contribution in [0.3, 0.4) is 0 Å². The van der Waals surface area contributed by atoms with Crippen LogP contribution in [0.5, 0.6) is 5.75 Å². The van der Waals surface area contributed by atoms with Gasteiger partial charge in [-0.3, -0.25) is 9.79 Å². The van der Waals surface area contributed by atoms with Crippen LogP contribution >= 0.6 is 24.0 Å². The summed E-state index contributed by atoms with van der Waals surface area (Å²) >= 11 is 0. The summed E-state index contributed by atoms with van der Waals surface area (Å²) in [7, 11) is 3.10. The highest BCUT2D eigenvalue weighted by Crippen LogP contribution is 2.25. The molecule has 0 aliphatic carbocycles. The van der Waals surface area contributed by atoms with E-state index in [9.17, 15) is 13.6 Å². The smallest absolute Gasteiger partial charge is 0.221 e. The molecule has 0 fully saturated rings. The van der Waals surface area contributed by atoms with E-state index < -0.39 is 11.6 Å². The van der Waals surface area contributed by atoms with Gasteiger partial charge in [-0.2, -0.15) is 0 Å². The summed E-state index contributed by atoms with van der Waals surface area (Å²) in [6, 6.07) is 8.68. The lowest BCUT2D eigenvalue weighted by Gasteiger charge is -2.14. The molecule has 0 aromatic heterocycles. The number of aliphatic imine (C=N–C) groups is 1. The fourth-order valence-corrected chi connectivity index (χ4v) is 2.42.